The van der Waals surface area contributed by atoms with E-state index in [-0.39, 0.29) is 17.2 Å². The molecular formula is C21H23N5O2S. The third-order valence-electron chi connectivity index (χ3n) is 5.42. The van der Waals surface area contributed by atoms with Crippen molar-refractivity contribution in [3.05, 3.63) is 67.1 Å². The maximum Gasteiger partial charge on any atom is 0.259 e. The van der Waals surface area contributed by atoms with E-state index in [9.17, 15) is 9.59 Å². The summed E-state index contributed by atoms with van der Waals surface area (Å²) in [5.41, 5.74) is 1.41. The molecule has 0 fully saturated rings. The van der Waals surface area contributed by atoms with Crippen molar-refractivity contribution in [2.75, 3.05) is 6.54 Å². The summed E-state index contributed by atoms with van der Waals surface area (Å²) in [6, 6.07) is 7.15. The molecule has 0 saturated carbocycles. The van der Waals surface area contributed by atoms with Crippen LogP contribution in [0.25, 0.3) is 21.1 Å². The number of hydrogen-bond acceptors (Lipinski definition) is 6. The Kier molecular flexibility index (Phi) is 5.06. The van der Waals surface area contributed by atoms with Gasteiger partial charge in [-0.05, 0) is 45.0 Å². The molecule has 150 valence electrons. The predicted octanol–water partition coefficient (Wildman–Crippen LogP) is 3.42. The molecule has 29 heavy (non-hydrogen) atoms. The molecule has 7 nitrogen and oxygen atoms in total. The van der Waals surface area contributed by atoms with Crippen LogP contribution >= 0.6 is 11.3 Å². The highest BCUT2D eigenvalue weighted by atomic mass is 32.1. The van der Waals surface area contributed by atoms with Gasteiger partial charge in [0.1, 0.15) is 16.5 Å². The number of nitrogens with zero attached hydrogens (tertiary/aromatic N) is 3. The number of aromatic amines is 2. The van der Waals surface area contributed by atoms with Crippen molar-refractivity contribution in [3.8, 4) is 0 Å². The zero-order valence-corrected chi connectivity index (χ0v) is 17.7. The molecule has 0 aliphatic heterocycles. The number of hydrogen-bond donors (Lipinski definition) is 2. The molecule has 8 heteroatoms. The highest BCUT2D eigenvalue weighted by molar-refractivity contribution is 7.18. The Morgan fingerprint density at radius 1 is 1.10 bits per heavy atom. The van der Waals surface area contributed by atoms with Crippen molar-refractivity contribution in [2.24, 2.45) is 0 Å². The Morgan fingerprint density at radius 3 is 2.62 bits per heavy atom. The lowest BCUT2D eigenvalue weighted by Gasteiger charge is -2.26. The summed E-state index contributed by atoms with van der Waals surface area (Å²) in [6.45, 7) is 9.15. The maximum absolute atomic E-state index is 12.6. The molecule has 4 rings (SSSR count). The third-order valence-corrected chi connectivity index (χ3v) is 6.52. The van der Waals surface area contributed by atoms with Crippen LogP contribution in [-0.2, 0) is 6.54 Å². The van der Waals surface area contributed by atoms with Crippen molar-refractivity contribution in [1.82, 2.24) is 24.8 Å². The molecule has 1 atom stereocenters. The number of nitrogens with one attached hydrogen (secondary N) is 2. The lowest BCUT2D eigenvalue weighted by Crippen LogP contribution is -2.30. The maximum atomic E-state index is 12.6. The number of aromatic nitrogens is 4. The molecule has 2 N–H and O–H groups in total. The van der Waals surface area contributed by atoms with E-state index in [1.54, 1.807) is 17.4 Å². The second-order valence-corrected chi connectivity index (χ2v) is 8.39. The standard InChI is InChI=1S/C21H23N5O2S/c1-5-26(10-16-22-15-9-7-6-8-14(15)19(27)23-16)12(3)18-24-20(28)17-11(2)13(4)29-21(17)25-18/h6-9,12H,5,10H2,1-4H3,(H,22,23,27)(H,24,25,28). The molecule has 0 aliphatic rings. The SMILES string of the molecule is CCN(Cc1nc2ccccc2c(=O)[nH]1)C(C)c1nc2sc(C)c(C)c2c(=O)[nH]1. The molecule has 0 bridgehead atoms. The first-order chi connectivity index (χ1) is 13.9. The Hall–Kier alpha value is -2.84. The quantitative estimate of drug-likeness (QED) is 0.527. The van der Waals surface area contributed by atoms with Crippen LogP contribution in [0.1, 0.15) is 42.0 Å². The van der Waals surface area contributed by atoms with Crippen molar-refractivity contribution in [2.45, 2.75) is 40.3 Å². The van der Waals surface area contributed by atoms with Gasteiger partial charge in [0, 0.05) is 4.88 Å². The minimum Gasteiger partial charge on any atom is -0.309 e. The lowest BCUT2D eigenvalue weighted by molar-refractivity contribution is 0.200. The monoisotopic (exact) mass is 409 g/mol. The number of fused-ring (bicyclic) bond motifs is 2. The second kappa shape index (κ2) is 7.53. The largest absolute Gasteiger partial charge is 0.309 e. The molecule has 0 saturated heterocycles. The Labute approximate surface area is 171 Å². The van der Waals surface area contributed by atoms with Crippen LogP contribution in [0.15, 0.2) is 33.9 Å². The molecule has 1 unspecified atom stereocenters. The van der Waals surface area contributed by atoms with E-state index in [2.05, 4.69) is 19.9 Å². The van der Waals surface area contributed by atoms with Gasteiger partial charge >= 0.3 is 0 Å². The summed E-state index contributed by atoms with van der Waals surface area (Å²) in [6.07, 6.45) is 0. The Balaban J connectivity index is 1.68. The van der Waals surface area contributed by atoms with Crippen LogP contribution in [-0.4, -0.2) is 31.4 Å². The highest BCUT2D eigenvalue weighted by Crippen LogP contribution is 2.27. The van der Waals surface area contributed by atoms with Crippen LogP contribution in [0.5, 0.6) is 0 Å². The Bertz CT molecular complexity index is 1320. The van der Waals surface area contributed by atoms with Crippen LogP contribution in [0.2, 0.25) is 0 Å². The summed E-state index contributed by atoms with van der Waals surface area (Å²) >= 11 is 1.54. The number of aryl methyl sites for hydroxylation is 2. The molecule has 4 aromatic rings. The molecule has 1 aromatic carbocycles. The van der Waals surface area contributed by atoms with Gasteiger partial charge in [-0.2, -0.15) is 0 Å². The second-order valence-electron chi connectivity index (χ2n) is 7.18. The molecule has 3 aromatic heterocycles. The number of H-pyrrole nitrogens is 2. The summed E-state index contributed by atoms with van der Waals surface area (Å²) < 4.78 is 0. The van der Waals surface area contributed by atoms with Gasteiger partial charge in [0.2, 0.25) is 0 Å². The van der Waals surface area contributed by atoms with Crippen molar-refractivity contribution >= 4 is 32.5 Å². The zero-order valence-electron chi connectivity index (χ0n) is 16.9. The van der Waals surface area contributed by atoms with Gasteiger partial charge in [0.15, 0.2) is 0 Å². The van der Waals surface area contributed by atoms with Gasteiger partial charge < -0.3 is 9.97 Å². The van der Waals surface area contributed by atoms with E-state index >= 15 is 0 Å². The van der Waals surface area contributed by atoms with E-state index in [4.69, 9.17) is 4.98 Å². The first-order valence-electron chi connectivity index (χ1n) is 9.61. The molecule has 0 radical (unpaired) electrons. The van der Waals surface area contributed by atoms with Crippen molar-refractivity contribution in [3.63, 3.8) is 0 Å². The third kappa shape index (κ3) is 3.49. The smallest absolute Gasteiger partial charge is 0.259 e. The lowest BCUT2D eigenvalue weighted by atomic mass is 10.2. The fourth-order valence-electron chi connectivity index (χ4n) is 3.57. The summed E-state index contributed by atoms with van der Waals surface area (Å²) in [5.74, 6) is 1.21. The predicted molar refractivity (Wildman–Crippen MR) is 117 cm³/mol. The summed E-state index contributed by atoms with van der Waals surface area (Å²) in [4.78, 5) is 44.1. The van der Waals surface area contributed by atoms with Crippen LogP contribution in [0, 0.1) is 13.8 Å². The van der Waals surface area contributed by atoms with Gasteiger partial charge in [-0.25, -0.2) is 9.97 Å². The van der Waals surface area contributed by atoms with E-state index in [1.807, 2.05) is 45.9 Å². The molecule has 0 amide bonds. The van der Waals surface area contributed by atoms with Gasteiger partial charge in [0.25, 0.3) is 11.1 Å². The van der Waals surface area contributed by atoms with Gasteiger partial charge in [0.05, 0.1) is 28.9 Å². The first kappa shape index (κ1) is 19.5. The van der Waals surface area contributed by atoms with Crippen LogP contribution in [0.3, 0.4) is 0 Å². The zero-order chi connectivity index (χ0) is 20.7. The fourth-order valence-corrected chi connectivity index (χ4v) is 4.60. The number of para-hydroxylation sites is 1. The topological polar surface area (TPSA) is 94.7 Å². The molecule has 0 spiro atoms. The number of rotatable bonds is 5. The minimum absolute atomic E-state index is 0.105. The van der Waals surface area contributed by atoms with E-state index < -0.39 is 0 Å². The van der Waals surface area contributed by atoms with Gasteiger partial charge in [-0.15, -0.1) is 11.3 Å². The van der Waals surface area contributed by atoms with E-state index in [0.717, 1.165) is 15.3 Å². The van der Waals surface area contributed by atoms with Crippen molar-refractivity contribution < 1.29 is 0 Å². The first-order valence-corrected chi connectivity index (χ1v) is 10.4. The van der Waals surface area contributed by atoms with Crippen molar-refractivity contribution in [1.29, 1.82) is 0 Å². The van der Waals surface area contributed by atoms with Gasteiger partial charge in [-0.1, -0.05) is 19.1 Å². The summed E-state index contributed by atoms with van der Waals surface area (Å²) in [7, 11) is 0. The van der Waals surface area contributed by atoms with Crippen LogP contribution in [0.4, 0.5) is 0 Å². The molecule has 0 aliphatic carbocycles. The highest BCUT2D eigenvalue weighted by Gasteiger charge is 2.21. The molecule has 3 heterocycles. The number of benzene rings is 1. The summed E-state index contributed by atoms with van der Waals surface area (Å²) in [5, 5.41) is 1.25. The van der Waals surface area contributed by atoms with Gasteiger partial charge in [-0.3, -0.25) is 14.5 Å². The fraction of sp³-hybridized carbons (Fsp3) is 0.333. The average Bonchev–Trinajstić information content (AvgIpc) is 2.99. The van der Waals surface area contributed by atoms with Crippen LogP contribution < -0.4 is 11.1 Å². The van der Waals surface area contributed by atoms with E-state index in [1.165, 1.54) is 0 Å². The Morgan fingerprint density at radius 2 is 1.86 bits per heavy atom. The van der Waals surface area contributed by atoms with E-state index in [0.29, 0.717) is 41.0 Å². The minimum atomic E-state index is -0.146. The average molecular weight is 410 g/mol. The normalized spacial score (nSPS) is 12.9. The number of thiophene rings is 1. The molecular weight excluding hydrogens is 386 g/mol.